The Morgan fingerprint density at radius 2 is 0.766 bits per heavy atom. The van der Waals surface area contributed by atoms with E-state index in [9.17, 15) is 0 Å². The van der Waals surface area contributed by atoms with Crippen molar-refractivity contribution in [3.05, 3.63) is 266 Å². The van der Waals surface area contributed by atoms with Crippen LogP contribution in [0.3, 0.4) is 0 Å². The van der Waals surface area contributed by atoms with E-state index in [2.05, 4.69) is 194 Å². The number of furan rings is 1. The van der Waals surface area contributed by atoms with Crippen molar-refractivity contribution in [3.8, 4) is 23.0 Å². The quantitative estimate of drug-likeness (QED) is 0.0700. The van der Waals surface area contributed by atoms with Crippen molar-refractivity contribution in [1.82, 2.24) is 0 Å². The van der Waals surface area contributed by atoms with E-state index in [0.717, 1.165) is 39.5 Å². The van der Waals surface area contributed by atoms with Gasteiger partial charge in [-0.05, 0) is 95.9 Å². The molecule has 1 nitrogen and oxygen atoms in total. The Balaban J connectivity index is 0.000000159. The molecule has 9 aromatic carbocycles. The summed E-state index contributed by atoms with van der Waals surface area (Å²) in [6.45, 7) is 0. The summed E-state index contributed by atoms with van der Waals surface area (Å²) in [7, 11) is -2.28. The molecular formula is C59H42Au2OP2+2. The molecule has 0 unspecified atom stereocenters. The van der Waals surface area contributed by atoms with Gasteiger partial charge in [-0.1, -0.05) is 139 Å². The average molecular weight is 1220 g/mol. The van der Waals surface area contributed by atoms with Crippen LogP contribution in [0.5, 0.6) is 0 Å². The molecule has 64 heavy (non-hydrogen) atoms. The van der Waals surface area contributed by atoms with Gasteiger partial charge >= 0.3 is 44.8 Å². The Bertz CT molecular complexity index is 3010. The van der Waals surface area contributed by atoms with E-state index in [4.69, 9.17) is 17.3 Å². The second-order valence-electron chi connectivity index (χ2n) is 15.0. The minimum atomic E-state index is -1.14. The van der Waals surface area contributed by atoms with Crippen LogP contribution < -0.4 is 31.8 Å². The maximum Gasteiger partial charge on any atom is 1.00 e. The van der Waals surface area contributed by atoms with Gasteiger partial charge < -0.3 is 17.3 Å². The van der Waals surface area contributed by atoms with Crippen LogP contribution in [0.15, 0.2) is 235 Å². The van der Waals surface area contributed by atoms with E-state index >= 15 is 0 Å². The number of para-hydroxylation sites is 1. The molecule has 0 aliphatic heterocycles. The van der Waals surface area contributed by atoms with Crippen LogP contribution >= 0.6 is 15.8 Å². The molecule has 5 heteroatoms. The predicted molar refractivity (Wildman–Crippen MR) is 268 cm³/mol. The van der Waals surface area contributed by atoms with Crippen molar-refractivity contribution < 1.29 is 49.2 Å². The molecule has 10 aromatic rings. The first-order valence-electron chi connectivity index (χ1n) is 20.7. The minimum absolute atomic E-state index is 0. The average Bonchev–Trinajstić information content (AvgIpc) is 3.92. The van der Waals surface area contributed by atoms with E-state index in [1.165, 1.54) is 54.1 Å². The molecule has 0 N–H and O–H groups in total. The van der Waals surface area contributed by atoms with Gasteiger partial charge in [0.05, 0.1) is 0 Å². The van der Waals surface area contributed by atoms with E-state index in [1.807, 2.05) is 48.5 Å². The molecule has 0 atom stereocenters. The molecule has 0 spiro atoms. The summed E-state index contributed by atoms with van der Waals surface area (Å²) in [4.78, 5) is 0. The van der Waals surface area contributed by atoms with E-state index in [-0.39, 0.29) is 44.8 Å². The van der Waals surface area contributed by atoms with Gasteiger partial charge in [-0.25, -0.2) is 0 Å². The van der Waals surface area contributed by atoms with Crippen LogP contribution in [-0.2, 0) is 51.2 Å². The molecule has 1 aliphatic carbocycles. The second-order valence-corrected chi connectivity index (χ2v) is 19.9. The smallest absolute Gasteiger partial charge is 0.456 e. The topological polar surface area (TPSA) is 13.1 Å². The number of benzene rings is 9. The zero-order chi connectivity index (χ0) is 42.1. The minimum Gasteiger partial charge on any atom is -0.456 e. The Morgan fingerprint density at radius 3 is 1.30 bits per heavy atom. The number of rotatable bonds is 6. The Kier molecular flexibility index (Phi) is 16.1. The van der Waals surface area contributed by atoms with Gasteiger partial charge in [-0.2, -0.15) is 0 Å². The Hall–Kier alpha value is -5.76. The first-order valence-corrected chi connectivity index (χ1v) is 23.7. The van der Waals surface area contributed by atoms with Crippen LogP contribution in [-0.4, -0.2) is 0 Å². The fraction of sp³-hybridized carbons (Fsp3) is 0.0169. The van der Waals surface area contributed by atoms with Crippen LogP contribution in [0, 0.1) is 24.7 Å². The molecule has 0 saturated carbocycles. The van der Waals surface area contributed by atoms with Crippen molar-refractivity contribution in [1.29, 1.82) is 0 Å². The number of fused-ring (bicyclic) bond motifs is 6. The standard InChI is InChI=1S/C30H24P2.C15H9.C14H7O.2Au/c1-5-15-25(16-6-1)31(26-17-7-2-8-18-26)29-23-13-14-24-30(29)32(27-19-9-3-10-20-27)28-21-11-4-12-22-28;1-2-11-7-8-15-13(9-11)10-12-5-3-4-6-14(12)15;1-2-10-7-8-14-12(9-10)11-5-3-4-6-13(11)15-14;;/h1-24H;3-9H,10H2;3-9H;;/q;2*-1;2*+1/p+2. The second kappa shape index (κ2) is 22.2. The van der Waals surface area contributed by atoms with Crippen LogP contribution in [0.2, 0.25) is 0 Å². The van der Waals surface area contributed by atoms with Crippen molar-refractivity contribution in [2.45, 2.75) is 6.42 Å². The third-order valence-corrected chi connectivity index (χ3v) is 17.0. The van der Waals surface area contributed by atoms with Gasteiger partial charge in [-0.3, -0.25) is 11.8 Å². The Labute approximate surface area is 410 Å². The summed E-state index contributed by atoms with van der Waals surface area (Å²) < 4.78 is 5.66. The van der Waals surface area contributed by atoms with Gasteiger partial charge in [0.15, 0.2) is 0 Å². The first kappa shape index (κ1) is 46.2. The monoisotopic (exact) mass is 1220 g/mol. The summed E-state index contributed by atoms with van der Waals surface area (Å²) in [5.41, 5.74) is 8.72. The number of hydrogen-bond donors (Lipinski definition) is 0. The van der Waals surface area contributed by atoms with E-state index < -0.39 is 15.8 Å². The van der Waals surface area contributed by atoms with E-state index in [0.29, 0.717) is 0 Å². The maximum atomic E-state index is 7.12. The zero-order valence-electron chi connectivity index (χ0n) is 34.7. The largest absolute Gasteiger partial charge is 1.00 e. The van der Waals surface area contributed by atoms with Gasteiger partial charge in [-0.15, -0.1) is 35.4 Å². The van der Waals surface area contributed by atoms with Crippen molar-refractivity contribution in [3.63, 3.8) is 0 Å². The summed E-state index contributed by atoms with van der Waals surface area (Å²) in [5, 5.41) is 10.8. The molecule has 0 radical (unpaired) electrons. The first-order chi connectivity index (χ1) is 30.7. The van der Waals surface area contributed by atoms with Gasteiger partial charge in [0.25, 0.3) is 0 Å². The summed E-state index contributed by atoms with van der Waals surface area (Å²) in [6, 6.07) is 81.6. The molecule has 0 amide bonds. The summed E-state index contributed by atoms with van der Waals surface area (Å²) >= 11 is 0. The zero-order valence-corrected chi connectivity index (χ0v) is 41.0. The SMILES string of the molecule is [Au+].[Au+].[C-]#Cc1ccc2c(c1)Cc1ccccc1-2.[C-]#Cc1ccc2oc3ccccc3c2c1.c1ccc([PH+](c2ccccc2)c2ccccc2[PH+](c2ccccc2)c2ccccc2)cc1. The van der Waals surface area contributed by atoms with Crippen molar-refractivity contribution in [2.24, 2.45) is 0 Å². The van der Waals surface area contributed by atoms with Crippen LogP contribution in [0.4, 0.5) is 0 Å². The van der Waals surface area contributed by atoms with Crippen molar-refractivity contribution in [2.75, 3.05) is 0 Å². The third kappa shape index (κ3) is 10.3. The van der Waals surface area contributed by atoms with Gasteiger partial charge in [0, 0.05) is 10.8 Å². The van der Waals surface area contributed by atoms with Crippen molar-refractivity contribution >= 4 is 69.6 Å². The van der Waals surface area contributed by atoms with Gasteiger partial charge in [0.1, 0.15) is 58.8 Å². The normalized spacial score (nSPS) is 10.8. The molecule has 0 saturated heterocycles. The predicted octanol–water partition coefficient (Wildman–Crippen LogP) is 11.4. The van der Waals surface area contributed by atoms with Gasteiger partial charge in [0.2, 0.25) is 0 Å². The molecule has 1 aromatic heterocycles. The molecular weight excluding hydrogens is 1180 g/mol. The molecule has 0 fully saturated rings. The summed E-state index contributed by atoms with van der Waals surface area (Å²) in [5.74, 6) is 4.82. The van der Waals surface area contributed by atoms with E-state index in [1.54, 1.807) is 0 Å². The van der Waals surface area contributed by atoms with Crippen LogP contribution in [0.1, 0.15) is 22.3 Å². The molecule has 314 valence electrons. The fourth-order valence-corrected chi connectivity index (χ4v) is 14.3. The Morgan fingerprint density at radius 1 is 0.359 bits per heavy atom. The molecule has 1 aliphatic rings. The molecule has 11 rings (SSSR count). The third-order valence-electron chi connectivity index (χ3n) is 11.2. The number of hydrogen-bond acceptors (Lipinski definition) is 1. The fourth-order valence-electron chi connectivity index (χ4n) is 8.32. The maximum absolute atomic E-state index is 7.12. The molecule has 0 bridgehead atoms. The van der Waals surface area contributed by atoms with Crippen LogP contribution in [0.25, 0.3) is 33.1 Å². The summed E-state index contributed by atoms with van der Waals surface area (Å²) in [6.07, 6.45) is 15.2. The molecule has 1 heterocycles.